The summed E-state index contributed by atoms with van der Waals surface area (Å²) in [5.74, 6) is 1.73. The lowest BCUT2D eigenvalue weighted by molar-refractivity contribution is 0.312. The standard InChI is InChI=1S/C22H22N6/c1-26-13-15-27(16-14-26)21-22-25-24-20(12-11-17-7-3-2-4-8-17)28(22)19-10-6-5-9-18(19)23-21/h2-12H,13-16H2,1H3. The van der Waals surface area contributed by atoms with Gasteiger partial charge in [-0.1, -0.05) is 48.5 Å². The van der Waals surface area contributed by atoms with Crippen LogP contribution in [0.4, 0.5) is 5.82 Å². The quantitative estimate of drug-likeness (QED) is 0.554. The number of hydrogen-bond acceptors (Lipinski definition) is 5. The zero-order valence-electron chi connectivity index (χ0n) is 15.9. The molecule has 6 nitrogen and oxygen atoms in total. The highest BCUT2D eigenvalue weighted by molar-refractivity contribution is 5.85. The van der Waals surface area contributed by atoms with Crippen molar-refractivity contribution in [2.75, 3.05) is 38.1 Å². The largest absolute Gasteiger partial charge is 0.351 e. The van der Waals surface area contributed by atoms with E-state index in [-0.39, 0.29) is 0 Å². The van der Waals surface area contributed by atoms with Crippen LogP contribution in [0.25, 0.3) is 28.8 Å². The number of fused-ring (bicyclic) bond motifs is 3. The summed E-state index contributed by atoms with van der Waals surface area (Å²) in [5.41, 5.74) is 3.93. The molecule has 140 valence electrons. The molecule has 1 saturated heterocycles. The Kier molecular flexibility index (Phi) is 4.25. The van der Waals surface area contributed by atoms with Crippen molar-refractivity contribution in [2.24, 2.45) is 0 Å². The summed E-state index contributed by atoms with van der Waals surface area (Å²) in [6, 6.07) is 18.4. The predicted octanol–water partition coefficient (Wildman–Crippen LogP) is 3.20. The fourth-order valence-electron chi connectivity index (χ4n) is 3.66. The Morgan fingerprint density at radius 1 is 0.821 bits per heavy atom. The summed E-state index contributed by atoms with van der Waals surface area (Å²) in [5, 5.41) is 9.00. The predicted molar refractivity (Wildman–Crippen MR) is 113 cm³/mol. The molecule has 0 bridgehead atoms. The first-order valence-corrected chi connectivity index (χ1v) is 9.60. The van der Waals surface area contributed by atoms with Crippen LogP contribution in [-0.2, 0) is 0 Å². The monoisotopic (exact) mass is 370 g/mol. The smallest absolute Gasteiger partial charge is 0.204 e. The first-order chi connectivity index (χ1) is 13.8. The van der Waals surface area contributed by atoms with Crippen LogP contribution in [0.5, 0.6) is 0 Å². The minimum atomic E-state index is 0.813. The number of benzene rings is 2. The van der Waals surface area contributed by atoms with Crippen molar-refractivity contribution in [1.29, 1.82) is 0 Å². The second-order valence-electron chi connectivity index (χ2n) is 7.18. The second kappa shape index (κ2) is 7.05. The van der Waals surface area contributed by atoms with E-state index in [1.807, 2.05) is 36.4 Å². The Labute approximate surface area is 163 Å². The molecule has 1 aliphatic rings. The number of anilines is 1. The minimum Gasteiger partial charge on any atom is -0.351 e. The molecular weight excluding hydrogens is 348 g/mol. The van der Waals surface area contributed by atoms with E-state index in [4.69, 9.17) is 4.98 Å². The molecule has 6 heteroatoms. The molecule has 0 atom stereocenters. The molecule has 2 aromatic heterocycles. The van der Waals surface area contributed by atoms with Crippen LogP contribution in [-0.4, -0.2) is 57.7 Å². The first kappa shape index (κ1) is 16.9. The van der Waals surface area contributed by atoms with Gasteiger partial charge in [-0.3, -0.25) is 4.40 Å². The molecule has 2 aromatic carbocycles. The lowest BCUT2D eigenvalue weighted by Crippen LogP contribution is -2.45. The number of para-hydroxylation sites is 2. The van der Waals surface area contributed by atoms with E-state index < -0.39 is 0 Å². The highest BCUT2D eigenvalue weighted by Crippen LogP contribution is 2.26. The molecule has 0 saturated carbocycles. The van der Waals surface area contributed by atoms with Crippen LogP contribution in [0.3, 0.4) is 0 Å². The zero-order valence-corrected chi connectivity index (χ0v) is 15.9. The van der Waals surface area contributed by atoms with Gasteiger partial charge in [-0.05, 0) is 30.8 Å². The fraction of sp³-hybridized carbons (Fsp3) is 0.227. The summed E-state index contributed by atoms with van der Waals surface area (Å²) in [6.07, 6.45) is 4.09. The molecule has 0 aliphatic carbocycles. The van der Waals surface area contributed by atoms with Crippen LogP contribution < -0.4 is 4.90 Å². The number of rotatable bonds is 3. The number of nitrogens with zero attached hydrogens (tertiary/aromatic N) is 6. The Morgan fingerprint density at radius 2 is 1.57 bits per heavy atom. The number of piperazine rings is 1. The molecule has 0 amide bonds. The maximum absolute atomic E-state index is 4.94. The van der Waals surface area contributed by atoms with Gasteiger partial charge in [0.15, 0.2) is 11.6 Å². The lowest BCUT2D eigenvalue weighted by Gasteiger charge is -2.33. The molecule has 4 aromatic rings. The van der Waals surface area contributed by atoms with Crippen molar-refractivity contribution in [2.45, 2.75) is 0 Å². The summed E-state index contributed by atoms with van der Waals surface area (Å²) >= 11 is 0. The molecular formula is C22H22N6. The van der Waals surface area contributed by atoms with Crippen molar-refractivity contribution >= 4 is 34.7 Å². The molecule has 0 radical (unpaired) electrons. The molecule has 0 unspecified atom stereocenters. The van der Waals surface area contributed by atoms with Gasteiger partial charge in [-0.25, -0.2) is 4.98 Å². The van der Waals surface area contributed by atoms with Crippen molar-refractivity contribution in [1.82, 2.24) is 24.5 Å². The maximum Gasteiger partial charge on any atom is 0.204 e. The van der Waals surface area contributed by atoms with E-state index >= 15 is 0 Å². The van der Waals surface area contributed by atoms with Crippen molar-refractivity contribution in [3.05, 3.63) is 66.0 Å². The van der Waals surface area contributed by atoms with Crippen LogP contribution in [0.15, 0.2) is 54.6 Å². The van der Waals surface area contributed by atoms with Gasteiger partial charge in [0, 0.05) is 26.2 Å². The highest BCUT2D eigenvalue weighted by atomic mass is 15.3. The molecule has 1 fully saturated rings. The van der Waals surface area contributed by atoms with Gasteiger partial charge in [0.05, 0.1) is 11.0 Å². The SMILES string of the molecule is CN1CCN(c2nc3ccccc3n3c(C=Cc4ccccc4)nnc23)CC1. The Bertz CT molecular complexity index is 1140. The van der Waals surface area contributed by atoms with Crippen molar-refractivity contribution in [3.8, 4) is 0 Å². The fourth-order valence-corrected chi connectivity index (χ4v) is 3.66. The molecule has 3 heterocycles. The van der Waals surface area contributed by atoms with E-state index in [2.05, 4.69) is 61.8 Å². The summed E-state index contributed by atoms with van der Waals surface area (Å²) in [6.45, 7) is 3.93. The van der Waals surface area contributed by atoms with Gasteiger partial charge >= 0.3 is 0 Å². The average molecular weight is 370 g/mol. The molecule has 1 aliphatic heterocycles. The molecule has 0 spiro atoms. The van der Waals surface area contributed by atoms with E-state index in [9.17, 15) is 0 Å². The summed E-state index contributed by atoms with van der Waals surface area (Å²) < 4.78 is 2.12. The summed E-state index contributed by atoms with van der Waals surface area (Å²) in [7, 11) is 2.16. The highest BCUT2D eigenvalue weighted by Gasteiger charge is 2.21. The van der Waals surface area contributed by atoms with E-state index in [1.54, 1.807) is 0 Å². The van der Waals surface area contributed by atoms with Crippen LogP contribution in [0, 0.1) is 0 Å². The van der Waals surface area contributed by atoms with Crippen LogP contribution in [0.2, 0.25) is 0 Å². The maximum atomic E-state index is 4.94. The lowest BCUT2D eigenvalue weighted by atomic mass is 10.2. The third kappa shape index (κ3) is 3.01. The number of likely N-dealkylation sites (N-methyl/N-ethyl adjacent to an activating group) is 1. The van der Waals surface area contributed by atoms with Gasteiger partial charge in [-0.2, -0.15) is 0 Å². The Morgan fingerprint density at radius 3 is 2.39 bits per heavy atom. The Hall–Kier alpha value is -3.25. The van der Waals surface area contributed by atoms with Gasteiger partial charge in [0.25, 0.3) is 0 Å². The zero-order chi connectivity index (χ0) is 18.9. The van der Waals surface area contributed by atoms with E-state index in [1.165, 1.54) is 0 Å². The average Bonchev–Trinajstić information content (AvgIpc) is 3.17. The van der Waals surface area contributed by atoms with Gasteiger partial charge in [-0.15, -0.1) is 10.2 Å². The van der Waals surface area contributed by atoms with Crippen LogP contribution >= 0.6 is 0 Å². The normalized spacial score (nSPS) is 15.8. The topological polar surface area (TPSA) is 49.6 Å². The molecule has 5 rings (SSSR count). The Balaban J connectivity index is 1.66. The molecule has 0 N–H and O–H groups in total. The van der Waals surface area contributed by atoms with Gasteiger partial charge < -0.3 is 9.80 Å². The minimum absolute atomic E-state index is 0.813. The van der Waals surface area contributed by atoms with Crippen LogP contribution in [0.1, 0.15) is 11.4 Å². The van der Waals surface area contributed by atoms with Gasteiger partial charge in [0.2, 0.25) is 5.65 Å². The van der Waals surface area contributed by atoms with E-state index in [0.717, 1.165) is 60.1 Å². The van der Waals surface area contributed by atoms with Crippen molar-refractivity contribution in [3.63, 3.8) is 0 Å². The van der Waals surface area contributed by atoms with E-state index in [0.29, 0.717) is 0 Å². The number of hydrogen-bond donors (Lipinski definition) is 0. The molecule has 28 heavy (non-hydrogen) atoms. The second-order valence-corrected chi connectivity index (χ2v) is 7.18. The third-order valence-electron chi connectivity index (χ3n) is 5.26. The third-order valence-corrected chi connectivity index (χ3v) is 5.26. The van der Waals surface area contributed by atoms with Crippen molar-refractivity contribution < 1.29 is 0 Å². The summed E-state index contributed by atoms with van der Waals surface area (Å²) in [4.78, 5) is 9.60. The van der Waals surface area contributed by atoms with Gasteiger partial charge in [0.1, 0.15) is 0 Å². The first-order valence-electron chi connectivity index (χ1n) is 9.60. The number of aromatic nitrogens is 4.